The van der Waals surface area contributed by atoms with Crippen molar-refractivity contribution in [2.45, 2.75) is 17.7 Å². The summed E-state index contributed by atoms with van der Waals surface area (Å²) < 4.78 is 5.20. The molecule has 2 aromatic carbocycles. The van der Waals surface area contributed by atoms with Crippen LogP contribution in [0, 0.1) is 0 Å². The Morgan fingerprint density at radius 3 is 2.46 bits per heavy atom. The van der Waals surface area contributed by atoms with E-state index < -0.39 is 0 Å². The lowest BCUT2D eigenvalue weighted by Crippen LogP contribution is -2.34. The fraction of sp³-hybridized carbons (Fsp3) is 0.300. The van der Waals surface area contributed by atoms with Crippen LogP contribution in [0.15, 0.2) is 47.4 Å². The number of amides is 2. The van der Waals surface area contributed by atoms with Gasteiger partial charge in [0.25, 0.3) is 0 Å². The summed E-state index contributed by atoms with van der Waals surface area (Å²) in [6.07, 6.45) is 1.10. The van der Waals surface area contributed by atoms with Gasteiger partial charge in [-0.1, -0.05) is 23.2 Å². The van der Waals surface area contributed by atoms with Crippen molar-refractivity contribution in [1.82, 2.24) is 4.90 Å². The third-order valence-corrected chi connectivity index (χ3v) is 5.44. The average Bonchev–Trinajstić information content (AvgIpc) is 2.66. The molecule has 0 bridgehead atoms. The Hall–Kier alpha value is -1.89. The second-order valence-electron chi connectivity index (χ2n) is 6.05. The molecular weight excluding hydrogens is 419 g/mol. The highest BCUT2D eigenvalue weighted by Crippen LogP contribution is 2.27. The quantitative estimate of drug-likeness (QED) is 0.441. The number of thioether (sulfide) groups is 1. The van der Waals surface area contributed by atoms with Crippen LogP contribution >= 0.6 is 35.0 Å². The molecule has 1 N–H and O–H groups in total. The van der Waals surface area contributed by atoms with Crippen molar-refractivity contribution < 1.29 is 14.3 Å². The molecule has 0 aliphatic carbocycles. The second-order valence-corrected chi connectivity index (χ2v) is 8.09. The van der Waals surface area contributed by atoms with E-state index in [9.17, 15) is 9.59 Å². The van der Waals surface area contributed by atoms with E-state index in [1.807, 2.05) is 24.3 Å². The van der Waals surface area contributed by atoms with Gasteiger partial charge < -0.3 is 15.0 Å². The summed E-state index contributed by atoms with van der Waals surface area (Å²) in [4.78, 5) is 27.0. The standard InChI is InChI=1S/C20H22Cl2N2O3S/c1-24(13-19(25)23-17-12-15(22)7-10-18(17)27-2)20(26)4-3-11-28-16-8-5-14(21)6-9-16/h5-10,12H,3-4,11,13H2,1-2H3,(H,23,25). The summed E-state index contributed by atoms with van der Waals surface area (Å²) in [7, 11) is 3.13. The molecule has 0 unspecified atom stereocenters. The molecule has 0 atom stereocenters. The topological polar surface area (TPSA) is 58.6 Å². The molecule has 0 fully saturated rings. The van der Waals surface area contributed by atoms with Crippen molar-refractivity contribution >= 4 is 52.5 Å². The molecule has 0 heterocycles. The normalized spacial score (nSPS) is 10.4. The van der Waals surface area contributed by atoms with E-state index in [1.165, 1.54) is 12.0 Å². The molecule has 8 heteroatoms. The third-order valence-electron chi connectivity index (χ3n) is 3.86. The van der Waals surface area contributed by atoms with Gasteiger partial charge in [0.1, 0.15) is 5.75 Å². The van der Waals surface area contributed by atoms with Gasteiger partial charge in [0.2, 0.25) is 11.8 Å². The number of rotatable bonds is 9. The van der Waals surface area contributed by atoms with Gasteiger partial charge in [0.05, 0.1) is 19.3 Å². The molecule has 2 aromatic rings. The smallest absolute Gasteiger partial charge is 0.244 e. The minimum atomic E-state index is -0.313. The Morgan fingerprint density at radius 1 is 1.11 bits per heavy atom. The molecule has 0 saturated carbocycles. The van der Waals surface area contributed by atoms with Gasteiger partial charge in [-0.2, -0.15) is 0 Å². The molecule has 5 nitrogen and oxygen atoms in total. The summed E-state index contributed by atoms with van der Waals surface area (Å²) in [6, 6.07) is 12.5. The summed E-state index contributed by atoms with van der Waals surface area (Å²) in [5, 5.41) is 3.91. The van der Waals surface area contributed by atoms with Gasteiger partial charge in [-0.3, -0.25) is 9.59 Å². The predicted octanol–water partition coefficient (Wildman–Crippen LogP) is 4.97. The van der Waals surface area contributed by atoms with Crippen LogP contribution in [0.1, 0.15) is 12.8 Å². The minimum absolute atomic E-state index is 0.0428. The first-order valence-electron chi connectivity index (χ1n) is 8.64. The zero-order valence-corrected chi connectivity index (χ0v) is 18.0. The Labute approximate surface area is 179 Å². The van der Waals surface area contributed by atoms with Crippen LogP contribution in [-0.4, -0.2) is 43.2 Å². The number of ether oxygens (including phenoxy) is 1. The maximum absolute atomic E-state index is 12.2. The van der Waals surface area contributed by atoms with Crippen LogP contribution in [-0.2, 0) is 9.59 Å². The number of anilines is 1. The van der Waals surface area contributed by atoms with Crippen molar-refractivity contribution in [2.75, 3.05) is 31.8 Å². The molecule has 28 heavy (non-hydrogen) atoms. The molecule has 2 amide bonds. The van der Waals surface area contributed by atoms with Crippen LogP contribution in [0.4, 0.5) is 5.69 Å². The van der Waals surface area contributed by atoms with E-state index in [-0.39, 0.29) is 18.4 Å². The van der Waals surface area contributed by atoms with E-state index >= 15 is 0 Å². The maximum atomic E-state index is 12.2. The van der Waals surface area contributed by atoms with Crippen molar-refractivity contribution in [3.05, 3.63) is 52.5 Å². The Bertz CT molecular complexity index is 816. The molecule has 0 spiro atoms. The second kappa shape index (κ2) is 11.2. The largest absolute Gasteiger partial charge is 0.495 e. The van der Waals surface area contributed by atoms with Crippen molar-refractivity contribution in [3.8, 4) is 5.75 Å². The zero-order chi connectivity index (χ0) is 20.5. The monoisotopic (exact) mass is 440 g/mol. The Balaban J connectivity index is 1.74. The summed E-state index contributed by atoms with van der Waals surface area (Å²) in [6.45, 7) is -0.0428. The molecule has 0 aliphatic rings. The van der Waals surface area contributed by atoms with Gasteiger partial charge >= 0.3 is 0 Å². The Kier molecular flexibility index (Phi) is 8.96. The van der Waals surface area contributed by atoms with Crippen LogP contribution in [0.3, 0.4) is 0 Å². The van der Waals surface area contributed by atoms with Crippen LogP contribution < -0.4 is 10.1 Å². The molecule has 150 valence electrons. The first kappa shape index (κ1) is 22.4. The van der Waals surface area contributed by atoms with E-state index in [1.54, 1.807) is 37.0 Å². The zero-order valence-electron chi connectivity index (χ0n) is 15.7. The van der Waals surface area contributed by atoms with Crippen LogP contribution in [0.2, 0.25) is 10.0 Å². The van der Waals surface area contributed by atoms with Crippen molar-refractivity contribution in [2.24, 2.45) is 0 Å². The van der Waals surface area contributed by atoms with Gasteiger partial charge in [-0.15, -0.1) is 11.8 Å². The van der Waals surface area contributed by atoms with Gasteiger partial charge in [0, 0.05) is 28.4 Å². The number of halogens is 2. The lowest BCUT2D eigenvalue weighted by molar-refractivity contribution is -0.133. The van der Waals surface area contributed by atoms with E-state index in [2.05, 4.69) is 5.32 Å². The van der Waals surface area contributed by atoms with Crippen LogP contribution in [0.5, 0.6) is 5.75 Å². The third kappa shape index (κ3) is 7.26. The highest BCUT2D eigenvalue weighted by atomic mass is 35.5. The fourth-order valence-electron chi connectivity index (χ4n) is 2.41. The van der Waals surface area contributed by atoms with Gasteiger partial charge in [-0.25, -0.2) is 0 Å². The molecule has 0 aromatic heterocycles. The van der Waals surface area contributed by atoms with Crippen molar-refractivity contribution in [3.63, 3.8) is 0 Å². The van der Waals surface area contributed by atoms with Gasteiger partial charge in [-0.05, 0) is 54.6 Å². The molecule has 0 aliphatic heterocycles. The predicted molar refractivity (Wildman–Crippen MR) is 116 cm³/mol. The lowest BCUT2D eigenvalue weighted by atomic mass is 10.2. The SMILES string of the molecule is COc1ccc(Cl)cc1NC(=O)CN(C)C(=O)CCCSc1ccc(Cl)cc1. The van der Waals surface area contributed by atoms with Gasteiger partial charge in [0.15, 0.2) is 0 Å². The first-order valence-corrected chi connectivity index (χ1v) is 10.4. The average molecular weight is 441 g/mol. The number of methoxy groups -OCH3 is 1. The first-order chi connectivity index (χ1) is 13.4. The number of nitrogens with zero attached hydrogens (tertiary/aromatic N) is 1. The molecule has 0 radical (unpaired) electrons. The number of hydrogen-bond donors (Lipinski definition) is 1. The summed E-state index contributed by atoms with van der Waals surface area (Å²) in [5.74, 6) is 0.926. The van der Waals surface area contributed by atoms with E-state index in [0.717, 1.165) is 17.1 Å². The number of likely N-dealkylation sites (N-methyl/N-ethyl adjacent to an activating group) is 1. The summed E-state index contributed by atoms with van der Waals surface area (Å²) in [5.41, 5.74) is 0.472. The molecule has 2 rings (SSSR count). The number of carbonyl (C=O) groups is 2. The number of benzene rings is 2. The van der Waals surface area contributed by atoms with Crippen molar-refractivity contribution in [1.29, 1.82) is 0 Å². The molecular formula is C20H22Cl2N2O3S. The van der Waals surface area contributed by atoms with E-state index in [4.69, 9.17) is 27.9 Å². The maximum Gasteiger partial charge on any atom is 0.244 e. The van der Waals surface area contributed by atoms with Crippen LogP contribution in [0.25, 0.3) is 0 Å². The lowest BCUT2D eigenvalue weighted by Gasteiger charge is -2.17. The minimum Gasteiger partial charge on any atom is -0.495 e. The number of nitrogens with one attached hydrogen (secondary N) is 1. The summed E-state index contributed by atoms with van der Waals surface area (Å²) >= 11 is 13.5. The highest BCUT2D eigenvalue weighted by molar-refractivity contribution is 7.99. The molecule has 0 saturated heterocycles. The highest BCUT2D eigenvalue weighted by Gasteiger charge is 2.14. The number of hydrogen-bond acceptors (Lipinski definition) is 4. The fourth-order valence-corrected chi connectivity index (χ4v) is 3.56. The van der Waals surface area contributed by atoms with E-state index in [0.29, 0.717) is 27.9 Å². The number of carbonyl (C=O) groups excluding carboxylic acids is 2. The Morgan fingerprint density at radius 2 is 1.79 bits per heavy atom.